The van der Waals surface area contributed by atoms with E-state index in [1.807, 2.05) is 40.1 Å². The van der Waals surface area contributed by atoms with Gasteiger partial charge < -0.3 is 34.6 Å². The molecule has 0 aliphatic carbocycles. The first-order chi connectivity index (χ1) is 8.18. The molecule has 1 fully saturated rings. The van der Waals surface area contributed by atoms with Crippen LogP contribution in [0, 0.1) is 0 Å². The Balaban J connectivity index is 0.00000162. The van der Waals surface area contributed by atoms with Crippen molar-refractivity contribution >= 4 is 35.1 Å². The SMILES string of the molecule is O=C(c1ccccc1)N1CCN(C(=S)[S-])CC1.[Na+]. The van der Waals surface area contributed by atoms with Gasteiger partial charge in [0.2, 0.25) is 0 Å². The first-order valence-electron chi connectivity index (χ1n) is 5.49. The van der Waals surface area contributed by atoms with Crippen LogP contribution in [0.3, 0.4) is 0 Å². The fraction of sp³-hybridized carbons (Fsp3) is 0.333. The number of rotatable bonds is 1. The number of hydrogen-bond acceptors (Lipinski definition) is 3. The number of amides is 1. The zero-order valence-corrected chi connectivity index (χ0v) is 14.0. The predicted octanol–water partition coefficient (Wildman–Crippen LogP) is -1.72. The summed E-state index contributed by atoms with van der Waals surface area (Å²) in [5.41, 5.74) is 0.738. The molecule has 0 N–H and O–H groups in total. The van der Waals surface area contributed by atoms with Crippen molar-refractivity contribution in [2.24, 2.45) is 0 Å². The summed E-state index contributed by atoms with van der Waals surface area (Å²) in [4.78, 5) is 15.9. The smallest absolute Gasteiger partial charge is 0.411 e. The summed E-state index contributed by atoms with van der Waals surface area (Å²) in [5, 5.41) is 0. The molecular weight excluding hydrogens is 275 g/mol. The van der Waals surface area contributed by atoms with Crippen molar-refractivity contribution in [1.82, 2.24) is 9.80 Å². The van der Waals surface area contributed by atoms with Crippen molar-refractivity contribution in [3.05, 3.63) is 35.9 Å². The summed E-state index contributed by atoms with van der Waals surface area (Å²) >= 11 is 9.90. The molecule has 0 atom stereocenters. The molecule has 0 radical (unpaired) electrons. The summed E-state index contributed by atoms with van der Waals surface area (Å²) in [6, 6.07) is 9.34. The van der Waals surface area contributed by atoms with Gasteiger partial charge in [-0.1, -0.05) is 22.5 Å². The molecule has 6 heteroatoms. The van der Waals surface area contributed by atoms with Crippen LogP contribution >= 0.6 is 12.2 Å². The third kappa shape index (κ3) is 3.90. The summed E-state index contributed by atoms with van der Waals surface area (Å²) in [7, 11) is 0. The molecule has 1 heterocycles. The molecule has 2 rings (SSSR count). The van der Waals surface area contributed by atoms with Crippen molar-refractivity contribution in [3.8, 4) is 0 Å². The molecule has 3 nitrogen and oxygen atoms in total. The summed E-state index contributed by atoms with van der Waals surface area (Å²) < 4.78 is 0.497. The molecule has 1 aromatic carbocycles. The molecule has 0 spiro atoms. The van der Waals surface area contributed by atoms with Gasteiger partial charge in [0.15, 0.2) is 0 Å². The quantitative estimate of drug-likeness (QED) is 0.348. The predicted molar refractivity (Wildman–Crippen MR) is 73.9 cm³/mol. The van der Waals surface area contributed by atoms with E-state index in [2.05, 4.69) is 0 Å². The number of carbonyl (C=O) groups is 1. The van der Waals surface area contributed by atoms with E-state index in [1.165, 1.54) is 0 Å². The largest absolute Gasteiger partial charge is 1.00 e. The molecule has 90 valence electrons. The second-order valence-electron chi connectivity index (χ2n) is 3.91. The Kier molecular flexibility index (Phi) is 6.52. The van der Waals surface area contributed by atoms with E-state index in [9.17, 15) is 4.79 Å². The Morgan fingerprint density at radius 2 is 1.56 bits per heavy atom. The average Bonchev–Trinajstić information content (AvgIpc) is 2.39. The maximum Gasteiger partial charge on any atom is 1.00 e. The third-order valence-electron chi connectivity index (χ3n) is 2.85. The van der Waals surface area contributed by atoms with E-state index < -0.39 is 0 Å². The minimum absolute atomic E-state index is 0. The Labute approximate surface area is 140 Å². The van der Waals surface area contributed by atoms with E-state index in [1.54, 1.807) is 0 Å². The van der Waals surface area contributed by atoms with Gasteiger partial charge in [-0.15, -0.1) is 0 Å². The Morgan fingerprint density at radius 1 is 1.06 bits per heavy atom. The third-order valence-corrected chi connectivity index (χ3v) is 3.36. The Bertz CT molecular complexity index is 419. The standard InChI is InChI=1S/C12H14N2OS2.Na/c15-11(10-4-2-1-3-5-10)13-6-8-14(9-7-13)12(16)17;/h1-5H,6-9H2,(H,16,17);/q;+1/p-1. The van der Waals surface area contributed by atoms with Crippen LogP contribution in [0.15, 0.2) is 30.3 Å². The van der Waals surface area contributed by atoms with Gasteiger partial charge in [0.1, 0.15) is 0 Å². The van der Waals surface area contributed by atoms with Crippen LogP contribution in [0.25, 0.3) is 0 Å². The fourth-order valence-corrected chi connectivity index (χ4v) is 2.22. The zero-order chi connectivity index (χ0) is 12.3. The van der Waals surface area contributed by atoms with E-state index in [0.717, 1.165) is 18.7 Å². The summed E-state index contributed by atoms with van der Waals surface area (Å²) in [6.07, 6.45) is 0. The second-order valence-corrected chi connectivity index (χ2v) is 4.94. The number of thiocarbonyl (C=S) groups is 1. The van der Waals surface area contributed by atoms with Gasteiger partial charge in [-0.25, -0.2) is 0 Å². The minimum atomic E-state index is 0. The molecule has 1 saturated heterocycles. The number of carbonyl (C=O) groups excluding carboxylic acids is 1. The minimum Gasteiger partial charge on any atom is -0.411 e. The van der Waals surface area contributed by atoms with E-state index in [4.69, 9.17) is 24.8 Å². The number of hydrogen-bond donors (Lipinski definition) is 0. The normalized spacial score (nSPS) is 14.9. The van der Waals surface area contributed by atoms with Crippen LogP contribution in [0.2, 0.25) is 0 Å². The van der Waals surface area contributed by atoms with Crippen molar-refractivity contribution in [2.45, 2.75) is 0 Å². The maximum atomic E-state index is 12.1. The van der Waals surface area contributed by atoms with Crippen LogP contribution in [0.1, 0.15) is 10.4 Å². The fourth-order valence-electron chi connectivity index (χ4n) is 1.86. The van der Waals surface area contributed by atoms with Gasteiger partial charge in [-0.05, 0) is 12.1 Å². The summed E-state index contributed by atoms with van der Waals surface area (Å²) in [6.45, 7) is 2.84. The molecular formula is C12H13N2NaOS2. The van der Waals surface area contributed by atoms with E-state index in [-0.39, 0.29) is 35.5 Å². The molecule has 0 saturated carbocycles. The molecule has 1 amide bonds. The van der Waals surface area contributed by atoms with Crippen molar-refractivity contribution in [2.75, 3.05) is 26.2 Å². The number of benzene rings is 1. The molecule has 0 bridgehead atoms. The van der Waals surface area contributed by atoms with Gasteiger partial charge in [0.05, 0.1) is 0 Å². The number of nitrogens with zero attached hydrogens (tertiary/aromatic N) is 2. The topological polar surface area (TPSA) is 23.6 Å². The zero-order valence-electron chi connectivity index (χ0n) is 10.3. The van der Waals surface area contributed by atoms with Crippen LogP contribution in [0.4, 0.5) is 0 Å². The van der Waals surface area contributed by atoms with Crippen LogP contribution in [-0.2, 0) is 12.6 Å². The average molecular weight is 288 g/mol. The van der Waals surface area contributed by atoms with Crippen LogP contribution in [0.5, 0.6) is 0 Å². The molecule has 18 heavy (non-hydrogen) atoms. The van der Waals surface area contributed by atoms with Gasteiger partial charge >= 0.3 is 29.6 Å². The van der Waals surface area contributed by atoms with E-state index >= 15 is 0 Å². The first kappa shape index (κ1) is 15.9. The van der Waals surface area contributed by atoms with Gasteiger partial charge in [0, 0.05) is 31.7 Å². The first-order valence-corrected chi connectivity index (χ1v) is 6.30. The van der Waals surface area contributed by atoms with Crippen LogP contribution < -0.4 is 29.6 Å². The van der Waals surface area contributed by atoms with Gasteiger partial charge in [-0.2, -0.15) is 0 Å². The number of piperazine rings is 1. The van der Waals surface area contributed by atoms with Gasteiger partial charge in [-0.3, -0.25) is 4.79 Å². The molecule has 1 aliphatic rings. The van der Waals surface area contributed by atoms with Crippen LogP contribution in [-0.4, -0.2) is 46.2 Å². The Morgan fingerprint density at radius 3 is 2.06 bits per heavy atom. The van der Waals surface area contributed by atoms with Crippen molar-refractivity contribution < 1.29 is 34.4 Å². The molecule has 1 aliphatic heterocycles. The summed E-state index contributed by atoms with van der Waals surface area (Å²) in [5.74, 6) is 0.0838. The molecule has 0 unspecified atom stereocenters. The van der Waals surface area contributed by atoms with Crippen molar-refractivity contribution in [3.63, 3.8) is 0 Å². The van der Waals surface area contributed by atoms with E-state index in [0.29, 0.717) is 17.4 Å². The monoisotopic (exact) mass is 288 g/mol. The van der Waals surface area contributed by atoms with Gasteiger partial charge in [0.25, 0.3) is 5.91 Å². The van der Waals surface area contributed by atoms with Crippen molar-refractivity contribution in [1.29, 1.82) is 0 Å². The Hall–Kier alpha value is -0.200. The molecule has 0 aromatic heterocycles. The molecule has 1 aromatic rings. The maximum absolute atomic E-state index is 12.1. The second kappa shape index (κ2) is 7.40.